The highest BCUT2D eigenvalue weighted by Gasteiger charge is 2.20. The maximum atomic E-state index is 11.0. The van der Waals surface area contributed by atoms with E-state index in [4.69, 9.17) is 0 Å². The van der Waals surface area contributed by atoms with Crippen molar-refractivity contribution in [2.75, 3.05) is 7.11 Å². The lowest BCUT2D eigenvalue weighted by molar-refractivity contribution is -0.142. The molecule has 0 aromatic heterocycles. The first kappa shape index (κ1) is 9.52. The molecule has 0 radical (unpaired) electrons. The highest BCUT2D eigenvalue weighted by atomic mass is 16.5. The summed E-state index contributed by atoms with van der Waals surface area (Å²) in [5.41, 5.74) is 0. The molecule has 0 aromatic carbocycles. The van der Waals surface area contributed by atoms with E-state index in [1.54, 1.807) is 0 Å². The van der Waals surface area contributed by atoms with Crippen LogP contribution in [-0.4, -0.2) is 25.2 Å². The molecule has 1 N–H and O–H groups in total. The van der Waals surface area contributed by atoms with Gasteiger partial charge in [0.25, 0.3) is 0 Å². The third kappa shape index (κ3) is 2.48. The number of carbonyl (C=O) groups is 1. The first-order valence-electron chi connectivity index (χ1n) is 4.58. The molecule has 1 atom stereocenters. The molecule has 1 unspecified atom stereocenters. The van der Waals surface area contributed by atoms with Crippen LogP contribution in [0, 0.1) is 0 Å². The van der Waals surface area contributed by atoms with Gasteiger partial charge in [0, 0.05) is 6.04 Å². The van der Waals surface area contributed by atoms with E-state index in [0.717, 1.165) is 0 Å². The molecular weight excluding hydrogens is 154 g/mol. The van der Waals surface area contributed by atoms with Crippen LogP contribution in [-0.2, 0) is 9.53 Å². The van der Waals surface area contributed by atoms with Crippen LogP contribution in [0.15, 0.2) is 0 Å². The Kier molecular flexibility index (Phi) is 3.53. The van der Waals surface area contributed by atoms with Crippen molar-refractivity contribution in [2.24, 2.45) is 0 Å². The van der Waals surface area contributed by atoms with Crippen molar-refractivity contribution in [3.63, 3.8) is 0 Å². The van der Waals surface area contributed by atoms with E-state index in [1.807, 2.05) is 6.92 Å². The molecule has 3 heteroatoms. The van der Waals surface area contributed by atoms with Gasteiger partial charge in [0.15, 0.2) is 0 Å². The number of ether oxygens (including phenoxy) is 1. The van der Waals surface area contributed by atoms with Crippen molar-refractivity contribution < 1.29 is 9.53 Å². The molecule has 1 aliphatic rings. The van der Waals surface area contributed by atoms with Crippen molar-refractivity contribution in [3.8, 4) is 0 Å². The Labute approximate surface area is 73.5 Å². The normalized spacial score (nSPS) is 20.8. The maximum absolute atomic E-state index is 11.0. The van der Waals surface area contributed by atoms with E-state index in [0.29, 0.717) is 6.04 Å². The van der Waals surface area contributed by atoms with Gasteiger partial charge >= 0.3 is 5.97 Å². The van der Waals surface area contributed by atoms with Gasteiger partial charge in [-0.1, -0.05) is 12.8 Å². The molecule has 70 valence electrons. The average Bonchev–Trinajstić information content (AvgIpc) is 2.55. The smallest absolute Gasteiger partial charge is 0.322 e. The summed E-state index contributed by atoms with van der Waals surface area (Å²) in [4.78, 5) is 11.0. The number of rotatable bonds is 3. The van der Waals surface area contributed by atoms with E-state index >= 15 is 0 Å². The topological polar surface area (TPSA) is 38.3 Å². The molecule has 0 amide bonds. The number of hydrogen-bond acceptors (Lipinski definition) is 3. The Morgan fingerprint density at radius 1 is 1.50 bits per heavy atom. The molecule has 0 aromatic rings. The van der Waals surface area contributed by atoms with Crippen molar-refractivity contribution >= 4 is 5.97 Å². The van der Waals surface area contributed by atoms with E-state index < -0.39 is 0 Å². The van der Waals surface area contributed by atoms with E-state index in [2.05, 4.69) is 10.1 Å². The van der Waals surface area contributed by atoms with Gasteiger partial charge in [-0.2, -0.15) is 0 Å². The summed E-state index contributed by atoms with van der Waals surface area (Å²) in [6.07, 6.45) is 4.96. The van der Waals surface area contributed by atoms with Gasteiger partial charge in [0.2, 0.25) is 0 Å². The monoisotopic (exact) mass is 171 g/mol. The van der Waals surface area contributed by atoms with Crippen molar-refractivity contribution in [1.29, 1.82) is 0 Å². The van der Waals surface area contributed by atoms with Crippen molar-refractivity contribution in [1.82, 2.24) is 5.32 Å². The van der Waals surface area contributed by atoms with Gasteiger partial charge in [-0.15, -0.1) is 0 Å². The summed E-state index contributed by atoms with van der Waals surface area (Å²) in [6, 6.07) is 0.372. The highest BCUT2D eigenvalue weighted by Crippen LogP contribution is 2.18. The van der Waals surface area contributed by atoms with Crippen LogP contribution < -0.4 is 5.32 Å². The van der Waals surface area contributed by atoms with Crippen LogP contribution in [0.1, 0.15) is 32.6 Å². The molecule has 1 rings (SSSR count). The molecule has 1 fully saturated rings. The minimum atomic E-state index is -0.165. The molecule has 1 aliphatic carbocycles. The third-order valence-electron chi connectivity index (χ3n) is 2.40. The van der Waals surface area contributed by atoms with Crippen LogP contribution in [0.2, 0.25) is 0 Å². The van der Waals surface area contributed by atoms with Gasteiger partial charge in [-0.3, -0.25) is 4.79 Å². The van der Waals surface area contributed by atoms with Gasteiger partial charge < -0.3 is 10.1 Å². The van der Waals surface area contributed by atoms with Crippen molar-refractivity contribution in [3.05, 3.63) is 0 Å². The minimum absolute atomic E-state index is 0.155. The lowest BCUT2D eigenvalue weighted by Gasteiger charge is -2.16. The Bertz CT molecular complexity index is 153. The standard InChI is InChI=1S/C9H17NO2/c1-7(9(11)12-2)10-8-5-3-4-6-8/h7-8,10H,3-6H2,1-2H3. The summed E-state index contributed by atoms with van der Waals surface area (Å²) in [5.74, 6) is -0.165. The Morgan fingerprint density at radius 2 is 2.08 bits per heavy atom. The number of carbonyl (C=O) groups excluding carboxylic acids is 1. The molecule has 0 spiro atoms. The fourth-order valence-electron chi connectivity index (χ4n) is 1.69. The summed E-state index contributed by atoms with van der Waals surface area (Å²) in [5, 5.41) is 3.25. The first-order chi connectivity index (χ1) is 5.74. The van der Waals surface area contributed by atoms with Crippen LogP contribution in [0.4, 0.5) is 0 Å². The minimum Gasteiger partial charge on any atom is -0.468 e. The zero-order chi connectivity index (χ0) is 8.97. The molecule has 0 bridgehead atoms. The Hall–Kier alpha value is -0.570. The summed E-state index contributed by atoms with van der Waals surface area (Å²) in [6.45, 7) is 1.85. The summed E-state index contributed by atoms with van der Waals surface area (Å²) >= 11 is 0. The fourth-order valence-corrected chi connectivity index (χ4v) is 1.69. The molecule has 3 nitrogen and oxygen atoms in total. The van der Waals surface area contributed by atoms with E-state index in [-0.39, 0.29) is 12.0 Å². The molecular formula is C9H17NO2. The van der Waals surface area contributed by atoms with E-state index in [1.165, 1.54) is 32.8 Å². The zero-order valence-corrected chi connectivity index (χ0v) is 7.80. The molecule has 12 heavy (non-hydrogen) atoms. The SMILES string of the molecule is COC(=O)C(C)NC1CCCC1. The van der Waals surface area contributed by atoms with Gasteiger partial charge in [-0.05, 0) is 19.8 Å². The maximum Gasteiger partial charge on any atom is 0.322 e. The van der Waals surface area contributed by atoms with Gasteiger partial charge in [0.1, 0.15) is 6.04 Å². The second-order valence-electron chi connectivity index (χ2n) is 3.39. The van der Waals surface area contributed by atoms with Crippen LogP contribution in [0.5, 0.6) is 0 Å². The van der Waals surface area contributed by atoms with Crippen LogP contribution >= 0.6 is 0 Å². The Morgan fingerprint density at radius 3 is 2.58 bits per heavy atom. The Balaban J connectivity index is 2.24. The largest absolute Gasteiger partial charge is 0.468 e. The quantitative estimate of drug-likeness (QED) is 0.646. The van der Waals surface area contributed by atoms with Gasteiger partial charge in [-0.25, -0.2) is 0 Å². The van der Waals surface area contributed by atoms with E-state index in [9.17, 15) is 4.79 Å². The molecule has 0 saturated heterocycles. The lowest BCUT2D eigenvalue weighted by Crippen LogP contribution is -2.40. The van der Waals surface area contributed by atoms with Gasteiger partial charge in [0.05, 0.1) is 7.11 Å². The zero-order valence-electron chi connectivity index (χ0n) is 7.80. The molecule has 0 aliphatic heterocycles. The van der Waals surface area contributed by atoms with Crippen molar-refractivity contribution in [2.45, 2.75) is 44.7 Å². The summed E-state index contributed by atoms with van der Waals surface area (Å²) < 4.78 is 4.62. The highest BCUT2D eigenvalue weighted by molar-refractivity contribution is 5.75. The third-order valence-corrected chi connectivity index (χ3v) is 2.40. The number of hydrogen-bond donors (Lipinski definition) is 1. The predicted octanol–water partition coefficient (Wildman–Crippen LogP) is 1.08. The summed E-state index contributed by atoms with van der Waals surface area (Å²) in [7, 11) is 1.43. The lowest BCUT2D eigenvalue weighted by atomic mass is 10.2. The first-order valence-corrected chi connectivity index (χ1v) is 4.58. The predicted molar refractivity (Wildman–Crippen MR) is 46.9 cm³/mol. The van der Waals surface area contributed by atoms with Crippen LogP contribution in [0.3, 0.4) is 0 Å². The average molecular weight is 171 g/mol. The number of methoxy groups -OCH3 is 1. The van der Waals surface area contributed by atoms with Crippen LogP contribution in [0.25, 0.3) is 0 Å². The second kappa shape index (κ2) is 4.45. The number of esters is 1. The molecule has 1 saturated carbocycles. The fraction of sp³-hybridized carbons (Fsp3) is 0.889. The number of nitrogens with one attached hydrogen (secondary N) is 1. The molecule has 0 heterocycles. The second-order valence-corrected chi connectivity index (χ2v) is 3.39.